The molecule has 0 bridgehead atoms. The maximum absolute atomic E-state index is 12.2. The molecule has 0 fully saturated rings. The van der Waals surface area contributed by atoms with Gasteiger partial charge in [-0.05, 0) is 46.7 Å². The molecule has 3 nitrogen and oxygen atoms in total. The van der Waals surface area contributed by atoms with E-state index in [4.69, 9.17) is 0 Å². The van der Waals surface area contributed by atoms with E-state index in [1.807, 2.05) is 42.6 Å². The van der Waals surface area contributed by atoms with E-state index in [0.29, 0.717) is 12.3 Å². The SMILES string of the molecule is CC(C)c1ccc(NC(=O)Cc2ccc3cc[nH]c3c2)cc1. The van der Waals surface area contributed by atoms with Crippen molar-refractivity contribution in [2.75, 3.05) is 5.32 Å². The van der Waals surface area contributed by atoms with E-state index in [9.17, 15) is 4.79 Å². The van der Waals surface area contributed by atoms with Crippen LogP contribution in [0.3, 0.4) is 0 Å². The topological polar surface area (TPSA) is 44.9 Å². The molecule has 2 aromatic carbocycles. The van der Waals surface area contributed by atoms with Gasteiger partial charge in [0.1, 0.15) is 0 Å². The standard InChI is InChI=1S/C19H20N2O/c1-13(2)15-5-7-17(8-6-15)21-19(22)12-14-3-4-16-9-10-20-18(16)11-14/h3-11,13,20H,12H2,1-2H3,(H,21,22). The summed E-state index contributed by atoms with van der Waals surface area (Å²) in [7, 11) is 0. The van der Waals surface area contributed by atoms with Gasteiger partial charge in [0, 0.05) is 17.4 Å². The number of aromatic amines is 1. The number of fused-ring (bicyclic) bond motifs is 1. The normalized spacial score (nSPS) is 11.0. The fraction of sp³-hybridized carbons (Fsp3) is 0.211. The average Bonchev–Trinajstić information content (AvgIpc) is 2.95. The van der Waals surface area contributed by atoms with Crippen LogP contribution in [0.5, 0.6) is 0 Å². The van der Waals surface area contributed by atoms with Crippen LogP contribution in [0, 0.1) is 0 Å². The molecular weight excluding hydrogens is 272 g/mol. The number of anilines is 1. The van der Waals surface area contributed by atoms with Crippen LogP contribution < -0.4 is 5.32 Å². The van der Waals surface area contributed by atoms with Gasteiger partial charge >= 0.3 is 0 Å². The predicted octanol–water partition coefficient (Wildman–Crippen LogP) is 4.47. The van der Waals surface area contributed by atoms with Crippen LogP contribution >= 0.6 is 0 Å². The number of H-pyrrole nitrogens is 1. The van der Waals surface area contributed by atoms with Crippen LogP contribution in [0.25, 0.3) is 10.9 Å². The van der Waals surface area contributed by atoms with Gasteiger partial charge < -0.3 is 10.3 Å². The van der Waals surface area contributed by atoms with Crippen molar-refractivity contribution in [1.82, 2.24) is 4.98 Å². The van der Waals surface area contributed by atoms with Crippen molar-refractivity contribution in [3.05, 3.63) is 65.9 Å². The monoisotopic (exact) mass is 292 g/mol. The Morgan fingerprint density at radius 2 is 1.86 bits per heavy atom. The van der Waals surface area contributed by atoms with E-state index in [1.165, 1.54) is 5.56 Å². The van der Waals surface area contributed by atoms with Crippen LogP contribution in [0.4, 0.5) is 5.69 Å². The van der Waals surface area contributed by atoms with Crippen LogP contribution in [0.1, 0.15) is 30.9 Å². The summed E-state index contributed by atoms with van der Waals surface area (Å²) in [6.07, 6.45) is 2.28. The van der Waals surface area contributed by atoms with E-state index in [1.54, 1.807) is 0 Å². The minimum Gasteiger partial charge on any atom is -0.361 e. The quantitative estimate of drug-likeness (QED) is 0.732. The number of carbonyl (C=O) groups excluding carboxylic acids is 1. The number of hydrogen-bond donors (Lipinski definition) is 2. The van der Waals surface area contributed by atoms with Crippen molar-refractivity contribution in [3.8, 4) is 0 Å². The fourth-order valence-corrected chi connectivity index (χ4v) is 2.55. The molecule has 0 radical (unpaired) electrons. The summed E-state index contributed by atoms with van der Waals surface area (Å²) in [5, 5.41) is 4.11. The van der Waals surface area contributed by atoms with Crippen LogP contribution in [0.2, 0.25) is 0 Å². The highest BCUT2D eigenvalue weighted by Gasteiger charge is 2.06. The van der Waals surface area contributed by atoms with E-state index in [0.717, 1.165) is 22.2 Å². The molecule has 1 heterocycles. The predicted molar refractivity (Wildman–Crippen MR) is 91.2 cm³/mol. The number of rotatable bonds is 4. The first-order chi connectivity index (χ1) is 10.6. The van der Waals surface area contributed by atoms with Crippen molar-refractivity contribution >= 4 is 22.5 Å². The molecular formula is C19H20N2O. The molecule has 112 valence electrons. The van der Waals surface area contributed by atoms with Crippen LogP contribution in [-0.2, 0) is 11.2 Å². The molecule has 2 N–H and O–H groups in total. The molecule has 3 rings (SSSR count). The maximum atomic E-state index is 12.2. The number of aromatic nitrogens is 1. The van der Waals surface area contributed by atoms with Crippen molar-refractivity contribution in [2.24, 2.45) is 0 Å². The van der Waals surface area contributed by atoms with Crippen LogP contribution in [-0.4, -0.2) is 10.9 Å². The average molecular weight is 292 g/mol. The van der Waals surface area contributed by atoms with Gasteiger partial charge in [0.05, 0.1) is 6.42 Å². The first kappa shape index (κ1) is 14.4. The van der Waals surface area contributed by atoms with Crippen LogP contribution in [0.15, 0.2) is 54.7 Å². The molecule has 0 aliphatic heterocycles. The van der Waals surface area contributed by atoms with Gasteiger partial charge in [-0.25, -0.2) is 0 Å². The first-order valence-corrected chi connectivity index (χ1v) is 7.57. The largest absolute Gasteiger partial charge is 0.361 e. The maximum Gasteiger partial charge on any atom is 0.228 e. The number of amides is 1. The van der Waals surface area contributed by atoms with E-state index in [-0.39, 0.29) is 5.91 Å². The zero-order valence-electron chi connectivity index (χ0n) is 12.9. The summed E-state index contributed by atoms with van der Waals surface area (Å²) in [5.41, 5.74) is 4.18. The second kappa shape index (κ2) is 6.06. The third-order valence-corrected chi connectivity index (χ3v) is 3.85. The van der Waals surface area contributed by atoms with Gasteiger partial charge in [-0.3, -0.25) is 4.79 Å². The van der Waals surface area contributed by atoms with E-state index in [2.05, 4.69) is 36.3 Å². The zero-order chi connectivity index (χ0) is 15.5. The Morgan fingerprint density at radius 3 is 2.59 bits per heavy atom. The molecule has 3 aromatic rings. The zero-order valence-corrected chi connectivity index (χ0v) is 12.9. The highest BCUT2D eigenvalue weighted by Crippen LogP contribution is 2.18. The van der Waals surface area contributed by atoms with Gasteiger partial charge in [-0.1, -0.05) is 38.1 Å². The highest BCUT2D eigenvalue weighted by atomic mass is 16.1. The molecule has 0 atom stereocenters. The lowest BCUT2D eigenvalue weighted by Crippen LogP contribution is -2.14. The van der Waals surface area contributed by atoms with E-state index >= 15 is 0 Å². The van der Waals surface area contributed by atoms with Crippen molar-refractivity contribution in [2.45, 2.75) is 26.2 Å². The summed E-state index contributed by atoms with van der Waals surface area (Å²) in [5.74, 6) is 0.500. The minimum atomic E-state index is 0.00297. The Morgan fingerprint density at radius 1 is 1.09 bits per heavy atom. The number of nitrogens with one attached hydrogen (secondary N) is 2. The lowest BCUT2D eigenvalue weighted by molar-refractivity contribution is -0.115. The Hall–Kier alpha value is -2.55. The molecule has 0 saturated heterocycles. The first-order valence-electron chi connectivity index (χ1n) is 7.57. The Labute approximate surface area is 130 Å². The summed E-state index contributed by atoms with van der Waals surface area (Å²) in [6.45, 7) is 4.31. The number of benzene rings is 2. The van der Waals surface area contributed by atoms with Crippen molar-refractivity contribution in [3.63, 3.8) is 0 Å². The Balaban J connectivity index is 1.66. The molecule has 3 heteroatoms. The van der Waals surface area contributed by atoms with Gasteiger partial charge in [-0.2, -0.15) is 0 Å². The number of hydrogen-bond acceptors (Lipinski definition) is 1. The van der Waals surface area contributed by atoms with Gasteiger partial charge in [-0.15, -0.1) is 0 Å². The molecule has 0 spiro atoms. The lowest BCUT2D eigenvalue weighted by Gasteiger charge is -2.08. The Bertz CT molecular complexity index is 785. The summed E-state index contributed by atoms with van der Waals surface area (Å²) >= 11 is 0. The minimum absolute atomic E-state index is 0.00297. The molecule has 1 amide bonds. The summed E-state index contributed by atoms with van der Waals surface area (Å²) < 4.78 is 0. The second-order valence-corrected chi connectivity index (χ2v) is 5.90. The third kappa shape index (κ3) is 3.19. The van der Waals surface area contributed by atoms with Gasteiger partial charge in [0.25, 0.3) is 0 Å². The van der Waals surface area contributed by atoms with E-state index < -0.39 is 0 Å². The summed E-state index contributed by atoms with van der Waals surface area (Å²) in [4.78, 5) is 15.3. The van der Waals surface area contributed by atoms with Crippen molar-refractivity contribution < 1.29 is 4.79 Å². The smallest absolute Gasteiger partial charge is 0.228 e. The van der Waals surface area contributed by atoms with Gasteiger partial charge in [0.15, 0.2) is 0 Å². The molecule has 1 aromatic heterocycles. The Kier molecular flexibility index (Phi) is 3.96. The lowest BCUT2D eigenvalue weighted by atomic mass is 10.0. The molecule has 22 heavy (non-hydrogen) atoms. The molecule has 0 aliphatic rings. The second-order valence-electron chi connectivity index (χ2n) is 5.90. The highest BCUT2D eigenvalue weighted by molar-refractivity contribution is 5.93. The molecule has 0 saturated carbocycles. The molecule has 0 aliphatic carbocycles. The van der Waals surface area contributed by atoms with Crippen molar-refractivity contribution in [1.29, 1.82) is 0 Å². The fourth-order valence-electron chi connectivity index (χ4n) is 2.55. The van der Waals surface area contributed by atoms with Gasteiger partial charge in [0.2, 0.25) is 5.91 Å². The molecule has 0 unspecified atom stereocenters. The third-order valence-electron chi connectivity index (χ3n) is 3.85. The number of carbonyl (C=O) groups is 1. The summed E-state index contributed by atoms with van der Waals surface area (Å²) in [6, 6.07) is 16.1.